The second-order valence-electron chi connectivity index (χ2n) is 6.14. The van der Waals surface area contributed by atoms with Crippen LogP contribution in [0, 0.1) is 12.8 Å². The minimum absolute atomic E-state index is 0.0593. The number of thioether (sulfide) groups is 1. The average Bonchev–Trinajstić information content (AvgIpc) is 3.05. The van der Waals surface area contributed by atoms with Gasteiger partial charge >= 0.3 is 0 Å². The van der Waals surface area contributed by atoms with E-state index in [4.69, 9.17) is 4.74 Å². The van der Waals surface area contributed by atoms with Crippen LogP contribution in [-0.4, -0.2) is 51.6 Å². The smallest absolute Gasteiger partial charge is 0.230 e. The van der Waals surface area contributed by atoms with Crippen LogP contribution in [0.5, 0.6) is 0 Å². The molecular weight excluding hydrogens is 338 g/mol. The first-order valence-corrected chi connectivity index (χ1v) is 9.37. The molecule has 0 radical (unpaired) electrons. The quantitative estimate of drug-likeness (QED) is 0.515. The molecule has 1 heterocycles. The number of benzene rings is 1. The maximum Gasteiger partial charge on any atom is 0.230 e. The first kappa shape index (κ1) is 19.4. The van der Waals surface area contributed by atoms with Gasteiger partial charge in [0.1, 0.15) is 0 Å². The Kier molecular flexibility index (Phi) is 7.87. The van der Waals surface area contributed by atoms with Gasteiger partial charge in [0.25, 0.3) is 0 Å². The molecule has 0 saturated carbocycles. The summed E-state index contributed by atoms with van der Waals surface area (Å²) in [5.41, 5.74) is 2.04. The number of hydrogen-bond acceptors (Lipinski definition) is 6. The molecular formula is C17H25N5O2S. The lowest BCUT2D eigenvalue weighted by Gasteiger charge is -2.08. The SMILES string of the molecule is Cc1ccc(-n2nnnc2SCC(=O)NCCOCCC(C)C)cc1. The van der Waals surface area contributed by atoms with Crippen LogP contribution < -0.4 is 5.32 Å². The van der Waals surface area contributed by atoms with Crippen molar-refractivity contribution in [3.63, 3.8) is 0 Å². The van der Waals surface area contributed by atoms with Gasteiger partial charge in [0.15, 0.2) is 0 Å². The lowest BCUT2D eigenvalue weighted by Crippen LogP contribution is -2.29. The van der Waals surface area contributed by atoms with Gasteiger partial charge in [-0.25, -0.2) is 0 Å². The van der Waals surface area contributed by atoms with E-state index in [2.05, 4.69) is 34.7 Å². The third-order valence-electron chi connectivity index (χ3n) is 3.46. The highest BCUT2D eigenvalue weighted by Crippen LogP contribution is 2.18. The minimum Gasteiger partial charge on any atom is -0.380 e. The third kappa shape index (κ3) is 6.83. The molecule has 0 aliphatic carbocycles. The standard InChI is InChI=1S/C17H25N5O2S/c1-13(2)8-10-24-11-9-18-16(23)12-25-17-19-20-21-22(17)15-6-4-14(3)5-7-15/h4-7,13H,8-12H2,1-3H3,(H,18,23). The maximum atomic E-state index is 11.9. The fraction of sp³-hybridized carbons (Fsp3) is 0.529. The molecule has 8 heteroatoms. The van der Waals surface area contributed by atoms with Gasteiger partial charge in [-0.15, -0.1) is 5.10 Å². The van der Waals surface area contributed by atoms with Crippen molar-refractivity contribution in [1.82, 2.24) is 25.5 Å². The molecule has 1 amide bonds. The predicted molar refractivity (Wildman–Crippen MR) is 97.9 cm³/mol. The zero-order valence-electron chi connectivity index (χ0n) is 14.9. The van der Waals surface area contributed by atoms with Crippen LogP contribution in [-0.2, 0) is 9.53 Å². The normalized spacial score (nSPS) is 11.0. The largest absolute Gasteiger partial charge is 0.380 e. The molecule has 1 N–H and O–H groups in total. The first-order chi connectivity index (χ1) is 12.1. The minimum atomic E-state index is -0.0593. The van der Waals surface area contributed by atoms with Gasteiger partial charge in [0.05, 0.1) is 18.0 Å². The zero-order chi connectivity index (χ0) is 18.1. The Bertz CT molecular complexity index is 657. The highest BCUT2D eigenvalue weighted by molar-refractivity contribution is 7.99. The lowest BCUT2D eigenvalue weighted by molar-refractivity contribution is -0.118. The molecule has 2 rings (SSSR count). The fourth-order valence-electron chi connectivity index (χ4n) is 1.98. The highest BCUT2D eigenvalue weighted by Gasteiger charge is 2.11. The number of carbonyl (C=O) groups excluding carboxylic acids is 1. The van der Waals surface area contributed by atoms with E-state index in [1.54, 1.807) is 4.68 Å². The van der Waals surface area contributed by atoms with Crippen molar-refractivity contribution in [1.29, 1.82) is 0 Å². The maximum absolute atomic E-state index is 11.9. The zero-order valence-corrected chi connectivity index (χ0v) is 15.8. The first-order valence-electron chi connectivity index (χ1n) is 8.39. The molecule has 0 unspecified atom stereocenters. The number of carbonyl (C=O) groups is 1. The van der Waals surface area contributed by atoms with Crippen molar-refractivity contribution in [3.05, 3.63) is 29.8 Å². The van der Waals surface area contributed by atoms with Crippen LogP contribution in [0.15, 0.2) is 29.4 Å². The number of ether oxygens (including phenoxy) is 1. The van der Waals surface area contributed by atoms with Crippen LogP contribution in [0.1, 0.15) is 25.8 Å². The predicted octanol–water partition coefficient (Wildman–Crippen LogP) is 2.24. The topological polar surface area (TPSA) is 81.9 Å². The number of amides is 1. The van der Waals surface area contributed by atoms with E-state index in [0.717, 1.165) is 18.7 Å². The van der Waals surface area contributed by atoms with E-state index in [9.17, 15) is 4.79 Å². The van der Waals surface area contributed by atoms with Gasteiger partial charge in [-0.2, -0.15) is 4.68 Å². The Morgan fingerprint density at radius 1 is 1.28 bits per heavy atom. The molecule has 7 nitrogen and oxygen atoms in total. The molecule has 2 aromatic rings. The summed E-state index contributed by atoms with van der Waals surface area (Å²) in [7, 11) is 0. The number of aromatic nitrogens is 4. The van der Waals surface area contributed by atoms with E-state index >= 15 is 0 Å². The van der Waals surface area contributed by atoms with E-state index in [0.29, 0.717) is 24.2 Å². The molecule has 136 valence electrons. The van der Waals surface area contributed by atoms with Gasteiger partial charge < -0.3 is 10.1 Å². The van der Waals surface area contributed by atoms with Crippen LogP contribution in [0.2, 0.25) is 0 Å². The summed E-state index contributed by atoms with van der Waals surface area (Å²) in [5, 5.41) is 15.1. The molecule has 25 heavy (non-hydrogen) atoms. The highest BCUT2D eigenvalue weighted by atomic mass is 32.2. The van der Waals surface area contributed by atoms with Gasteiger partial charge in [0.2, 0.25) is 11.1 Å². The molecule has 0 saturated heterocycles. The van der Waals surface area contributed by atoms with Crippen LogP contribution in [0.25, 0.3) is 5.69 Å². The van der Waals surface area contributed by atoms with Crippen LogP contribution >= 0.6 is 11.8 Å². The Balaban J connectivity index is 1.72. The number of nitrogens with one attached hydrogen (secondary N) is 1. The number of rotatable bonds is 10. The number of nitrogens with zero attached hydrogens (tertiary/aromatic N) is 4. The molecule has 0 aliphatic rings. The summed E-state index contributed by atoms with van der Waals surface area (Å²) < 4.78 is 7.11. The lowest BCUT2D eigenvalue weighted by atomic mass is 10.1. The van der Waals surface area contributed by atoms with Gasteiger partial charge in [-0.1, -0.05) is 43.3 Å². The molecule has 1 aromatic heterocycles. The molecule has 0 aliphatic heterocycles. The summed E-state index contributed by atoms with van der Waals surface area (Å²) in [4.78, 5) is 11.9. The Hall–Kier alpha value is -1.93. The molecule has 1 aromatic carbocycles. The molecule has 0 spiro atoms. The number of tetrazole rings is 1. The van der Waals surface area contributed by atoms with E-state index in [-0.39, 0.29) is 11.7 Å². The summed E-state index contributed by atoms with van der Waals surface area (Å²) in [6.45, 7) is 8.12. The third-order valence-corrected chi connectivity index (χ3v) is 4.38. The van der Waals surface area contributed by atoms with Crippen molar-refractivity contribution in [3.8, 4) is 5.69 Å². The summed E-state index contributed by atoms with van der Waals surface area (Å²) in [6, 6.07) is 7.89. The number of hydrogen-bond donors (Lipinski definition) is 1. The number of aryl methyl sites for hydroxylation is 1. The Labute approximate surface area is 152 Å². The van der Waals surface area contributed by atoms with Crippen LogP contribution in [0.4, 0.5) is 0 Å². The van der Waals surface area contributed by atoms with Gasteiger partial charge in [-0.05, 0) is 41.8 Å². The summed E-state index contributed by atoms with van der Waals surface area (Å²) in [6.07, 6.45) is 1.03. The Morgan fingerprint density at radius 2 is 2.04 bits per heavy atom. The van der Waals surface area contributed by atoms with E-state index in [1.165, 1.54) is 17.3 Å². The van der Waals surface area contributed by atoms with Crippen molar-refractivity contribution >= 4 is 17.7 Å². The van der Waals surface area contributed by atoms with Crippen LogP contribution in [0.3, 0.4) is 0 Å². The second-order valence-corrected chi connectivity index (χ2v) is 7.08. The van der Waals surface area contributed by atoms with E-state index < -0.39 is 0 Å². The molecule has 0 atom stereocenters. The summed E-state index contributed by atoms with van der Waals surface area (Å²) >= 11 is 1.31. The monoisotopic (exact) mass is 363 g/mol. The molecule has 0 bridgehead atoms. The Morgan fingerprint density at radius 3 is 2.76 bits per heavy atom. The summed E-state index contributed by atoms with van der Waals surface area (Å²) in [5.74, 6) is 0.833. The fourth-order valence-corrected chi connectivity index (χ4v) is 2.70. The van der Waals surface area contributed by atoms with Crippen molar-refractivity contribution in [2.75, 3.05) is 25.5 Å². The van der Waals surface area contributed by atoms with Crippen molar-refractivity contribution in [2.45, 2.75) is 32.3 Å². The van der Waals surface area contributed by atoms with Gasteiger partial charge in [0, 0.05) is 13.2 Å². The molecule has 0 fully saturated rings. The second kappa shape index (κ2) is 10.1. The van der Waals surface area contributed by atoms with Gasteiger partial charge in [-0.3, -0.25) is 4.79 Å². The van der Waals surface area contributed by atoms with E-state index in [1.807, 2.05) is 31.2 Å². The van der Waals surface area contributed by atoms with Crippen molar-refractivity contribution < 1.29 is 9.53 Å². The van der Waals surface area contributed by atoms with Crippen molar-refractivity contribution in [2.24, 2.45) is 5.92 Å². The average molecular weight is 363 g/mol.